The van der Waals surface area contributed by atoms with Crippen molar-refractivity contribution in [2.24, 2.45) is 4.99 Å². The second-order valence-electron chi connectivity index (χ2n) is 8.24. The Morgan fingerprint density at radius 1 is 1.15 bits per heavy atom. The van der Waals surface area contributed by atoms with Crippen LogP contribution in [-0.4, -0.2) is 35.6 Å². The third kappa shape index (κ3) is 4.02. The van der Waals surface area contributed by atoms with E-state index in [-0.39, 0.29) is 18.1 Å². The average molecular weight is 444 g/mol. The lowest BCUT2D eigenvalue weighted by atomic mass is 9.98. The van der Waals surface area contributed by atoms with E-state index in [0.29, 0.717) is 22.5 Å². The van der Waals surface area contributed by atoms with Crippen molar-refractivity contribution >= 4 is 34.8 Å². The second kappa shape index (κ2) is 8.58. The first-order valence-electron chi connectivity index (χ1n) is 10.8. The lowest BCUT2D eigenvalue weighted by Gasteiger charge is -2.29. The first-order valence-corrected chi connectivity index (χ1v) is 10.8. The van der Waals surface area contributed by atoms with Gasteiger partial charge in [-0.15, -0.1) is 0 Å². The summed E-state index contributed by atoms with van der Waals surface area (Å²) in [5.74, 6) is -0.797. The summed E-state index contributed by atoms with van der Waals surface area (Å²) in [7, 11) is 2.02. The number of hydrogen-bond acceptors (Lipinski definition) is 4. The molecule has 1 aliphatic rings. The van der Waals surface area contributed by atoms with Crippen LogP contribution in [0.25, 0.3) is 10.9 Å². The van der Waals surface area contributed by atoms with Gasteiger partial charge in [0.1, 0.15) is 17.9 Å². The Balaban J connectivity index is 1.63. The van der Waals surface area contributed by atoms with Crippen LogP contribution in [0.4, 0.5) is 20.2 Å². The third-order valence-electron chi connectivity index (χ3n) is 6.03. The van der Waals surface area contributed by atoms with Gasteiger partial charge in [0.2, 0.25) is 0 Å². The number of nitrogens with zero attached hydrogens (tertiary/aromatic N) is 4. The Morgan fingerprint density at radius 3 is 2.85 bits per heavy atom. The summed E-state index contributed by atoms with van der Waals surface area (Å²) < 4.78 is 30.2. The van der Waals surface area contributed by atoms with Gasteiger partial charge in [0, 0.05) is 30.7 Å². The molecule has 0 atom stereocenters. The van der Waals surface area contributed by atoms with Gasteiger partial charge in [0.25, 0.3) is 0 Å². The molecule has 0 spiro atoms. The minimum absolute atomic E-state index is 0.132. The van der Waals surface area contributed by atoms with Crippen LogP contribution in [0, 0.1) is 11.6 Å². The van der Waals surface area contributed by atoms with Gasteiger partial charge in [-0.1, -0.05) is 0 Å². The second-order valence-corrected chi connectivity index (χ2v) is 8.24. The fraction of sp³-hybridized carbons (Fsp3) is 0.192. The van der Waals surface area contributed by atoms with Gasteiger partial charge in [-0.25, -0.2) is 8.78 Å². The van der Waals surface area contributed by atoms with Crippen molar-refractivity contribution in [3.05, 3.63) is 88.9 Å². The van der Waals surface area contributed by atoms with Gasteiger partial charge in [-0.2, -0.15) is 0 Å². The predicted molar refractivity (Wildman–Crippen MR) is 126 cm³/mol. The monoisotopic (exact) mass is 444 g/mol. The van der Waals surface area contributed by atoms with Crippen LogP contribution in [0.5, 0.6) is 0 Å². The summed E-state index contributed by atoms with van der Waals surface area (Å²) in [5.41, 5.74) is 4.95. The standard InChI is InChI=1S/C26H22F2N4O/c1-31-9-3-4-19-10-17(16-33)11-23(26(19)31)30-14-21-12-18-6-7-20(27)13-25(18)32(21)15-24-22(28)5-2-8-29-24/h2,5-8,10-14,16H,3-4,9,15H2,1H3/b30-14+. The van der Waals surface area contributed by atoms with E-state index in [4.69, 9.17) is 4.99 Å². The molecule has 0 bridgehead atoms. The fourth-order valence-electron chi connectivity index (χ4n) is 4.47. The number of fused-ring (bicyclic) bond motifs is 2. The average Bonchev–Trinajstić information content (AvgIpc) is 3.15. The number of carbonyl (C=O) groups excluding carboxylic acids is 1. The minimum Gasteiger partial charge on any atom is -0.373 e. The molecule has 1 aliphatic heterocycles. The van der Waals surface area contributed by atoms with Crippen molar-refractivity contribution in [3.63, 3.8) is 0 Å². The predicted octanol–water partition coefficient (Wildman–Crippen LogP) is 5.31. The largest absolute Gasteiger partial charge is 0.373 e. The number of aromatic nitrogens is 2. The number of pyridine rings is 1. The van der Waals surface area contributed by atoms with Gasteiger partial charge >= 0.3 is 0 Å². The molecule has 0 amide bonds. The molecule has 0 aliphatic carbocycles. The molecule has 166 valence electrons. The van der Waals surface area contributed by atoms with Crippen LogP contribution in [0.3, 0.4) is 0 Å². The SMILES string of the molecule is CN1CCCc2cc(C=O)cc(/N=C/c3cc4ccc(F)cc4n3Cc3ncccc3F)c21. The highest BCUT2D eigenvalue weighted by molar-refractivity contribution is 5.93. The maximum Gasteiger partial charge on any atom is 0.150 e. The van der Waals surface area contributed by atoms with E-state index in [9.17, 15) is 13.6 Å². The molecule has 7 heteroatoms. The Labute approximate surface area is 190 Å². The zero-order valence-corrected chi connectivity index (χ0v) is 18.1. The van der Waals surface area contributed by atoms with Gasteiger partial charge in [0.15, 0.2) is 0 Å². The Hall–Kier alpha value is -3.87. The van der Waals surface area contributed by atoms with Crippen molar-refractivity contribution < 1.29 is 13.6 Å². The number of aldehydes is 1. The number of aryl methyl sites for hydroxylation is 1. The normalized spacial score (nSPS) is 13.6. The lowest BCUT2D eigenvalue weighted by molar-refractivity contribution is 0.112. The Bertz CT molecular complexity index is 1390. The highest BCUT2D eigenvalue weighted by atomic mass is 19.1. The Kier molecular flexibility index (Phi) is 5.46. The molecule has 0 saturated heterocycles. The van der Waals surface area contributed by atoms with Gasteiger partial charge < -0.3 is 9.47 Å². The molecule has 2 aromatic carbocycles. The summed E-state index contributed by atoms with van der Waals surface area (Å²) >= 11 is 0. The first kappa shape index (κ1) is 21.0. The fourth-order valence-corrected chi connectivity index (χ4v) is 4.47. The molecule has 0 saturated carbocycles. The molecule has 0 fully saturated rings. The maximum absolute atomic E-state index is 14.3. The van der Waals surface area contributed by atoms with Crippen molar-refractivity contribution in [1.82, 2.24) is 9.55 Å². The number of carbonyl (C=O) groups is 1. The smallest absolute Gasteiger partial charge is 0.150 e. The van der Waals surface area contributed by atoms with Crippen molar-refractivity contribution in [1.29, 1.82) is 0 Å². The minimum atomic E-state index is -0.423. The summed E-state index contributed by atoms with van der Waals surface area (Å²) in [6.07, 6.45) is 5.96. The summed E-state index contributed by atoms with van der Waals surface area (Å²) in [6.45, 7) is 1.04. The quantitative estimate of drug-likeness (QED) is 0.310. The van der Waals surface area contributed by atoms with E-state index in [0.717, 1.165) is 42.3 Å². The molecule has 0 unspecified atom stereocenters. The van der Waals surface area contributed by atoms with Crippen LogP contribution < -0.4 is 4.90 Å². The highest BCUT2D eigenvalue weighted by Crippen LogP contribution is 2.37. The summed E-state index contributed by atoms with van der Waals surface area (Å²) in [6, 6.07) is 13.0. The van der Waals surface area contributed by atoms with Crippen LogP contribution in [0.2, 0.25) is 0 Å². The zero-order chi connectivity index (χ0) is 22.9. The first-order chi connectivity index (χ1) is 16.0. The van der Waals surface area contributed by atoms with Gasteiger partial charge in [-0.05, 0) is 66.9 Å². The van der Waals surface area contributed by atoms with Gasteiger partial charge in [0.05, 0.1) is 41.0 Å². The molecule has 2 aromatic heterocycles. The molecular weight excluding hydrogens is 422 g/mol. The Morgan fingerprint density at radius 2 is 2.03 bits per heavy atom. The van der Waals surface area contributed by atoms with Crippen molar-refractivity contribution in [2.45, 2.75) is 19.4 Å². The van der Waals surface area contributed by atoms with Crippen LogP contribution >= 0.6 is 0 Å². The van der Waals surface area contributed by atoms with Crippen LogP contribution in [-0.2, 0) is 13.0 Å². The molecular formula is C26H22F2N4O. The summed E-state index contributed by atoms with van der Waals surface area (Å²) in [4.78, 5) is 22.5. The van der Waals surface area contributed by atoms with Gasteiger partial charge in [-0.3, -0.25) is 14.8 Å². The number of rotatable bonds is 5. The molecule has 4 aromatic rings. The number of benzene rings is 2. The van der Waals surface area contributed by atoms with E-state index >= 15 is 0 Å². The molecule has 3 heterocycles. The molecule has 33 heavy (non-hydrogen) atoms. The van der Waals surface area contributed by atoms with E-state index in [1.807, 2.05) is 19.2 Å². The topological polar surface area (TPSA) is 50.5 Å². The maximum atomic E-state index is 14.3. The molecule has 5 nitrogen and oxygen atoms in total. The number of aliphatic imine (C=N–C) groups is 1. The van der Waals surface area contributed by atoms with E-state index < -0.39 is 5.82 Å². The molecule has 0 radical (unpaired) electrons. The number of hydrogen-bond donors (Lipinski definition) is 0. The molecule has 0 N–H and O–H groups in total. The van der Waals surface area contributed by atoms with E-state index in [1.165, 1.54) is 30.5 Å². The lowest BCUT2D eigenvalue weighted by Crippen LogP contribution is -2.24. The molecule has 5 rings (SSSR count). The zero-order valence-electron chi connectivity index (χ0n) is 18.1. The van der Waals surface area contributed by atoms with E-state index in [2.05, 4.69) is 9.88 Å². The summed E-state index contributed by atoms with van der Waals surface area (Å²) in [5, 5.41) is 0.815. The highest BCUT2D eigenvalue weighted by Gasteiger charge is 2.19. The van der Waals surface area contributed by atoms with Crippen LogP contribution in [0.1, 0.15) is 33.7 Å². The van der Waals surface area contributed by atoms with Crippen molar-refractivity contribution in [2.75, 3.05) is 18.5 Å². The van der Waals surface area contributed by atoms with Crippen LogP contribution in [0.15, 0.2) is 59.7 Å². The number of halogens is 2. The van der Waals surface area contributed by atoms with E-state index in [1.54, 1.807) is 22.9 Å². The number of anilines is 1. The third-order valence-corrected chi connectivity index (χ3v) is 6.03. The van der Waals surface area contributed by atoms with Crippen molar-refractivity contribution in [3.8, 4) is 0 Å².